The summed E-state index contributed by atoms with van der Waals surface area (Å²) in [6.45, 7) is 3.63. The Morgan fingerprint density at radius 2 is 2.50 bits per heavy atom. The zero-order chi connectivity index (χ0) is 10.4. The van der Waals surface area contributed by atoms with Crippen molar-refractivity contribution in [3.05, 3.63) is 11.1 Å². The van der Waals surface area contributed by atoms with E-state index in [0.29, 0.717) is 0 Å². The lowest BCUT2D eigenvalue weighted by molar-refractivity contribution is 0.622. The van der Waals surface area contributed by atoms with E-state index in [0.717, 1.165) is 25.2 Å². The van der Waals surface area contributed by atoms with Crippen molar-refractivity contribution in [2.75, 3.05) is 12.8 Å². The maximum Gasteiger partial charge on any atom is 0.0893 e. The van der Waals surface area contributed by atoms with E-state index in [4.69, 9.17) is 0 Å². The summed E-state index contributed by atoms with van der Waals surface area (Å²) in [4.78, 5) is 0. The average molecular weight is 233 g/mol. The van der Waals surface area contributed by atoms with E-state index < -0.39 is 10.8 Å². The third-order valence-electron chi connectivity index (χ3n) is 2.01. The third kappa shape index (κ3) is 4.26. The summed E-state index contributed by atoms with van der Waals surface area (Å²) in [7, 11) is -0.716. The minimum absolute atomic E-state index is 0.260. The minimum Gasteiger partial charge on any atom is -0.311 e. The first-order valence-corrected chi connectivity index (χ1v) is 6.95. The van der Waals surface area contributed by atoms with Gasteiger partial charge in [0, 0.05) is 34.2 Å². The molecule has 0 aliphatic heterocycles. The van der Waals surface area contributed by atoms with Crippen molar-refractivity contribution in [1.29, 1.82) is 0 Å². The van der Waals surface area contributed by atoms with Crippen LogP contribution in [0.2, 0.25) is 0 Å². The van der Waals surface area contributed by atoms with Gasteiger partial charge in [-0.05, 0) is 24.5 Å². The molecule has 2 atom stereocenters. The van der Waals surface area contributed by atoms with Crippen molar-refractivity contribution in [2.24, 2.45) is 0 Å². The molecule has 1 aromatic rings. The topological polar surface area (TPSA) is 54.9 Å². The molecule has 80 valence electrons. The first kappa shape index (κ1) is 11.7. The van der Waals surface area contributed by atoms with E-state index in [1.807, 2.05) is 12.3 Å². The number of hydrogen-bond acceptors (Lipinski definition) is 5. The van der Waals surface area contributed by atoms with E-state index >= 15 is 0 Å². The molecule has 6 heteroatoms. The van der Waals surface area contributed by atoms with Gasteiger partial charge in [-0.25, -0.2) is 0 Å². The van der Waals surface area contributed by atoms with Crippen molar-refractivity contribution < 1.29 is 4.21 Å². The van der Waals surface area contributed by atoms with E-state index in [1.165, 1.54) is 11.5 Å². The molecule has 0 amide bonds. The Bertz CT molecular complexity index is 276. The highest BCUT2D eigenvalue weighted by Crippen LogP contribution is 1.99. The largest absolute Gasteiger partial charge is 0.311 e. The monoisotopic (exact) mass is 233 g/mol. The van der Waals surface area contributed by atoms with Gasteiger partial charge in [0.25, 0.3) is 0 Å². The van der Waals surface area contributed by atoms with Gasteiger partial charge in [0.1, 0.15) is 0 Å². The summed E-state index contributed by atoms with van der Waals surface area (Å²) in [6.07, 6.45) is 2.68. The fourth-order valence-corrected chi connectivity index (χ4v) is 1.85. The molecule has 1 heterocycles. The Morgan fingerprint density at radius 1 is 1.71 bits per heavy atom. The molecule has 1 aromatic heterocycles. The van der Waals surface area contributed by atoms with Crippen molar-refractivity contribution >= 4 is 22.3 Å². The third-order valence-corrected chi connectivity index (χ3v) is 3.93. The van der Waals surface area contributed by atoms with Gasteiger partial charge in [-0.2, -0.15) is 0 Å². The van der Waals surface area contributed by atoms with Crippen LogP contribution in [0.5, 0.6) is 0 Å². The smallest absolute Gasteiger partial charge is 0.0893 e. The van der Waals surface area contributed by atoms with Crippen LogP contribution in [0.1, 0.15) is 19.0 Å². The fraction of sp³-hybridized carbons (Fsp3) is 0.750. The lowest BCUT2D eigenvalue weighted by Gasteiger charge is -2.07. The molecule has 0 aliphatic rings. The van der Waals surface area contributed by atoms with Crippen LogP contribution in [-0.2, 0) is 17.3 Å². The lowest BCUT2D eigenvalue weighted by atomic mass is 10.3. The van der Waals surface area contributed by atoms with Gasteiger partial charge in [0.2, 0.25) is 0 Å². The van der Waals surface area contributed by atoms with Crippen LogP contribution >= 0.6 is 11.5 Å². The summed E-state index contributed by atoms with van der Waals surface area (Å²) in [6, 6.07) is 0. The number of nitrogens with zero attached hydrogens (tertiary/aromatic N) is 2. The van der Waals surface area contributed by atoms with Crippen molar-refractivity contribution in [2.45, 2.75) is 25.1 Å². The van der Waals surface area contributed by atoms with E-state index in [1.54, 1.807) is 6.26 Å². The molecular formula is C8H15N3OS2. The summed E-state index contributed by atoms with van der Waals surface area (Å²) in [5.74, 6) is 0. The Hall–Kier alpha value is -0.330. The molecule has 1 N–H and O–H groups in total. The van der Waals surface area contributed by atoms with E-state index in [-0.39, 0.29) is 5.25 Å². The van der Waals surface area contributed by atoms with Crippen molar-refractivity contribution in [3.63, 3.8) is 0 Å². The molecular weight excluding hydrogens is 218 g/mol. The fourth-order valence-electron chi connectivity index (χ4n) is 0.949. The van der Waals surface area contributed by atoms with Crippen LogP contribution in [0.15, 0.2) is 5.38 Å². The van der Waals surface area contributed by atoms with Crippen LogP contribution in [0.4, 0.5) is 0 Å². The highest BCUT2D eigenvalue weighted by molar-refractivity contribution is 7.84. The van der Waals surface area contributed by atoms with Gasteiger partial charge in [-0.1, -0.05) is 11.4 Å². The predicted octanol–water partition coefficient (Wildman–Crippen LogP) is 0.785. The molecule has 0 bridgehead atoms. The van der Waals surface area contributed by atoms with Crippen LogP contribution in [0.3, 0.4) is 0 Å². The summed E-state index contributed by atoms with van der Waals surface area (Å²) < 4.78 is 14.8. The zero-order valence-electron chi connectivity index (χ0n) is 8.40. The standard InChI is InChI=1S/C8H15N3OS2/c1-7(14(2)12)3-4-9-5-8-6-13-11-10-8/h6-7,9H,3-5H2,1-2H3. The van der Waals surface area contributed by atoms with Gasteiger partial charge in [-0.3, -0.25) is 4.21 Å². The van der Waals surface area contributed by atoms with Gasteiger partial charge in [-0.15, -0.1) is 5.10 Å². The molecule has 1 rings (SSSR count). The van der Waals surface area contributed by atoms with Gasteiger partial charge < -0.3 is 5.32 Å². The molecule has 0 spiro atoms. The van der Waals surface area contributed by atoms with Gasteiger partial charge >= 0.3 is 0 Å². The first-order valence-electron chi connectivity index (χ1n) is 4.49. The second kappa shape index (κ2) is 6.21. The second-order valence-electron chi connectivity index (χ2n) is 3.17. The van der Waals surface area contributed by atoms with Gasteiger partial charge in [0.05, 0.1) is 5.69 Å². The van der Waals surface area contributed by atoms with Crippen LogP contribution < -0.4 is 5.32 Å². The predicted molar refractivity (Wildman–Crippen MR) is 59.8 cm³/mol. The van der Waals surface area contributed by atoms with Gasteiger partial charge in [0.15, 0.2) is 0 Å². The quantitative estimate of drug-likeness (QED) is 0.738. The van der Waals surface area contributed by atoms with E-state index in [9.17, 15) is 4.21 Å². The Labute approximate surface area is 90.7 Å². The molecule has 14 heavy (non-hydrogen) atoms. The molecule has 0 aliphatic carbocycles. The van der Waals surface area contributed by atoms with Crippen molar-refractivity contribution in [3.8, 4) is 0 Å². The maximum absolute atomic E-state index is 11.0. The van der Waals surface area contributed by atoms with Crippen molar-refractivity contribution in [1.82, 2.24) is 14.9 Å². The number of aromatic nitrogens is 2. The molecule has 0 saturated carbocycles. The maximum atomic E-state index is 11.0. The summed E-state index contributed by atoms with van der Waals surface area (Å²) in [5, 5.41) is 9.34. The summed E-state index contributed by atoms with van der Waals surface area (Å²) >= 11 is 1.36. The molecule has 0 radical (unpaired) electrons. The molecule has 4 nitrogen and oxygen atoms in total. The molecule has 2 unspecified atom stereocenters. The SMILES string of the molecule is CC(CCNCc1csnn1)S(C)=O. The molecule has 0 fully saturated rings. The van der Waals surface area contributed by atoms with Crippen LogP contribution in [0, 0.1) is 0 Å². The normalized spacial score (nSPS) is 15.3. The highest BCUT2D eigenvalue weighted by Gasteiger charge is 2.04. The molecule has 0 saturated heterocycles. The summed E-state index contributed by atoms with van der Waals surface area (Å²) in [5.41, 5.74) is 0.972. The number of nitrogens with one attached hydrogen (secondary N) is 1. The number of rotatable bonds is 6. The van der Waals surface area contributed by atoms with E-state index in [2.05, 4.69) is 14.9 Å². The Morgan fingerprint density at radius 3 is 3.07 bits per heavy atom. The average Bonchev–Trinajstić information content (AvgIpc) is 2.64. The highest BCUT2D eigenvalue weighted by atomic mass is 32.2. The molecule has 0 aromatic carbocycles. The zero-order valence-corrected chi connectivity index (χ0v) is 10.0. The van der Waals surface area contributed by atoms with Crippen LogP contribution in [0.25, 0.3) is 0 Å². The Balaban J connectivity index is 2.08. The van der Waals surface area contributed by atoms with Crippen LogP contribution in [-0.4, -0.2) is 31.8 Å². The first-order chi connectivity index (χ1) is 6.70. The Kier molecular flexibility index (Phi) is 5.21. The minimum atomic E-state index is -0.716. The second-order valence-corrected chi connectivity index (χ2v) is 5.58. The number of hydrogen-bond donors (Lipinski definition) is 1. The lowest BCUT2D eigenvalue weighted by Crippen LogP contribution is -2.21.